The zero-order valence-corrected chi connectivity index (χ0v) is 38.0. The van der Waals surface area contributed by atoms with Gasteiger partial charge in [-0.15, -0.1) is 0 Å². The molecule has 3 aliphatic carbocycles. The van der Waals surface area contributed by atoms with Crippen LogP contribution in [0.5, 0.6) is 0 Å². The molecule has 0 radical (unpaired) electrons. The van der Waals surface area contributed by atoms with Crippen molar-refractivity contribution in [1.82, 2.24) is 0 Å². The van der Waals surface area contributed by atoms with Gasteiger partial charge in [-0.2, -0.15) is 0 Å². The van der Waals surface area contributed by atoms with Crippen molar-refractivity contribution in [1.29, 1.82) is 0 Å². The highest BCUT2D eigenvalue weighted by Gasteiger charge is 2.51. The Bertz CT molecular complexity index is 1130. The fraction of sp³-hybridized carbons (Fsp3) is 0.857. The van der Waals surface area contributed by atoms with Crippen molar-refractivity contribution in [3.63, 3.8) is 0 Å². The first-order chi connectivity index (χ1) is 21.6. The van der Waals surface area contributed by atoms with E-state index >= 15 is 0 Å². The first-order valence-corrected chi connectivity index (χ1v) is 28.9. The summed E-state index contributed by atoms with van der Waals surface area (Å²) >= 11 is 0. The van der Waals surface area contributed by atoms with Crippen LogP contribution >= 0.6 is 0 Å². The molecular formula is C42H80O3Si3. The van der Waals surface area contributed by atoms with Gasteiger partial charge in [0.15, 0.2) is 25.0 Å². The maximum Gasteiger partial charge on any atom is 0.192 e. The SMILES string of the molecule is C=C1[C@H](O[Si](C)(C)C(C)(C)C)CC(=C/C=C2\CCC[C@]3(C)[C@@H]([C@@H](C)CCCC(C)(C)O[Si](C)(C)C)CC[C@@H]23)C[C@H]1O[Si](C)(C)C(C)(C)C. The molecule has 0 N–H and O–H groups in total. The third-order valence-electron chi connectivity index (χ3n) is 13.5. The summed E-state index contributed by atoms with van der Waals surface area (Å²) in [6.45, 7) is 45.0. The maximum absolute atomic E-state index is 7.12. The number of hydrogen-bond acceptors (Lipinski definition) is 3. The Morgan fingerprint density at radius 3 is 1.83 bits per heavy atom. The molecule has 0 heterocycles. The van der Waals surface area contributed by atoms with E-state index in [2.05, 4.69) is 134 Å². The molecule has 0 bridgehead atoms. The quantitative estimate of drug-likeness (QED) is 0.149. The van der Waals surface area contributed by atoms with Crippen molar-refractivity contribution in [2.45, 2.75) is 207 Å². The van der Waals surface area contributed by atoms with Crippen molar-refractivity contribution in [2.24, 2.45) is 23.2 Å². The lowest BCUT2D eigenvalue weighted by atomic mass is 9.60. The highest BCUT2D eigenvalue weighted by atomic mass is 28.4. The summed E-state index contributed by atoms with van der Waals surface area (Å²) < 4.78 is 20.8. The van der Waals surface area contributed by atoms with Gasteiger partial charge in [-0.05, 0) is 150 Å². The van der Waals surface area contributed by atoms with Crippen LogP contribution in [0, 0.1) is 23.2 Å². The first kappa shape index (κ1) is 42.2. The third kappa shape index (κ3) is 10.4. The van der Waals surface area contributed by atoms with E-state index in [-0.39, 0.29) is 27.9 Å². The Morgan fingerprint density at radius 2 is 1.35 bits per heavy atom. The van der Waals surface area contributed by atoms with Gasteiger partial charge in [0, 0.05) is 0 Å². The average Bonchev–Trinajstić information content (AvgIpc) is 3.24. The van der Waals surface area contributed by atoms with Crippen LogP contribution < -0.4 is 0 Å². The zero-order chi connectivity index (χ0) is 36.7. The molecule has 0 unspecified atom stereocenters. The van der Waals surface area contributed by atoms with Gasteiger partial charge >= 0.3 is 0 Å². The van der Waals surface area contributed by atoms with Crippen LogP contribution in [0.25, 0.3) is 0 Å². The van der Waals surface area contributed by atoms with Gasteiger partial charge in [-0.1, -0.05) is 98.1 Å². The highest BCUT2D eigenvalue weighted by molar-refractivity contribution is 6.74. The Hall–Kier alpha value is -0.249. The molecule has 3 nitrogen and oxygen atoms in total. The Morgan fingerprint density at radius 1 is 0.833 bits per heavy atom. The number of fused-ring (bicyclic) bond motifs is 1. The predicted octanol–water partition coefficient (Wildman–Crippen LogP) is 13.6. The van der Waals surface area contributed by atoms with E-state index in [0.717, 1.165) is 30.6 Å². The molecular weight excluding hydrogens is 637 g/mol. The molecule has 0 aromatic carbocycles. The Labute approximate surface area is 302 Å². The van der Waals surface area contributed by atoms with Crippen LogP contribution in [0.2, 0.25) is 55.9 Å². The van der Waals surface area contributed by atoms with Gasteiger partial charge in [-0.25, -0.2) is 0 Å². The second kappa shape index (κ2) is 15.0. The minimum absolute atomic E-state index is 0.00446. The molecule has 6 atom stereocenters. The molecule has 278 valence electrons. The molecule has 48 heavy (non-hydrogen) atoms. The van der Waals surface area contributed by atoms with E-state index in [1.54, 1.807) is 5.57 Å². The van der Waals surface area contributed by atoms with Crippen molar-refractivity contribution >= 4 is 25.0 Å². The van der Waals surface area contributed by atoms with Gasteiger partial charge in [-0.3, -0.25) is 0 Å². The lowest BCUT2D eigenvalue weighted by Gasteiger charge is -2.46. The number of allylic oxidation sites excluding steroid dienone is 3. The molecule has 0 aromatic rings. The molecule has 3 aliphatic rings. The number of hydrogen-bond donors (Lipinski definition) is 0. The Kier molecular flexibility index (Phi) is 13.2. The van der Waals surface area contributed by atoms with E-state index in [1.807, 2.05) is 0 Å². The van der Waals surface area contributed by atoms with E-state index in [4.69, 9.17) is 13.3 Å². The van der Waals surface area contributed by atoms with Crippen LogP contribution in [-0.4, -0.2) is 42.8 Å². The summed E-state index contributed by atoms with van der Waals surface area (Å²) in [5.41, 5.74) is 4.79. The second-order valence-electron chi connectivity index (χ2n) is 21.2. The standard InChI is InChI=1S/C42H80O3Si3/c1-31(21-19-27-41(9,10)45-46(12,13)14)35-25-26-36-34(22-20-28-42(35,36)11)24-23-33-29-37(43-47(15,16)39(3,4)5)32(2)38(30-33)44-48(17,18)40(6,7)8/h23-24,31,35-38H,2,19-22,25-30H2,1,3-18H3/b34-24+/t31-,35+,36-,37+,38+,42+/m0/s1. The summed E-state index contributed by atoms with van der Waals surface area (Å²) in [5, 5.41) is 0.320. The summed E-state index contributed by atoms with van der Waals surface area (Å²) in [6, 6.07) is 0. The minimum atomic E-state index is -1.97. The topological polar surface area (TPSA) is 27.7 Å². The van der Waals surface area contributed by atoms with E-state index in [9.17, 15) is 0 Å². The van der Waals surface area contributed by atoms with Crippen molar-refractivity contribution in [3.05, 3.63) is 35.5 Å². The summed E-state index contributed by atoms with van der Waals surface area (Å²) in [4.78, 5) is 0. The smallest absolute Gasteiger partial charge is 0.192 e. The first-order valence-electron chi connectivity index (χ1n) is 19.7. The van der Waals surface area contributed by atoms with Gasteiger partial charge in [0.1, 0.15) is 0 Å². The summed E-state index contributed by atoms with van der Waals surface area (Å²) in [5.74, 6) is 2.31. The number of rotatable bonds is 12. The molecule has 0 amide bonds. The van der Waals surface area contributed by atoms with Crippen LogP contribution in [0.1, 0.15) is 133 Å². The fourth-order valence-corrected chi connectivity index (χ4v) is 13.2. The lowest BCUT2D eigenvalue weighted by molar-refractivity contribution is 0.0735. The summed E-state index contributed by atoms with van der Waals surface area (Å²) in [7, 11) is -5.48. The molecule has 3 rings (SSSR count). The molecule has 0 saturated heterocycles. The largest absolute Gasteiger partial charge is 0.413 e. The normalized spacial score (nSPS) is 29.7. The third-order valence-corrected chi connectivity index (χ3v) is 23.6. The molecule has 0 spiro atoms. The molecule has 0 aromatic heterocycles. The van der Waals surface area contributed by atoms with Crippen LogP contribution in [0.4, 0.5) is 0 Å². The highest BCUT2D eigenvalue weighted by Crippen LogP contribution is 2.60. The minimum Gasteiger partial charge on any atom is -0.413 e. The summed E-state index contributed by atoms with van der Waals surface area (Å²) in [6.07, 6.45) is 17.5. The lowest BCUT2D eigenvalue weighted by Crippen LogP contribution is -2.49. The van der Waals surface area contributed by atoms with E-state index in [1.165, 1.54) is 62.5 Å². The van der Waals surface area contributed by atoms with Gasteiger partial charge < -0.3 is 13.3 Å². The zero-order valence-electron chi connectivity index (χ0n) is 35.0. The molecule has 0 aliphatic heterocycles. The van der Waals surface area contributed by atoms with E-state index in [0.29, 0.717) is 5.41 Å². The Balaban J connectivity index is 1.81. The fourth-order valence-electron chi connectivity index (χ4n) is 8.83. The van der Waals surface area contributed by atoms with Crippen LogP contribution in [0.15, 0.2) is 35.5 Å². The van der Waals surface area contributed by atoms with Gasteiger partial charge in [0.05, 0.1) is 17.8 Å². The average molecular weight is 717 g/mol. The molecule has 6 heteroatoms. The van der Waals surface area contributed by atoms with Gasteiger partial charge in [0.2, 0.25) is 0 Å². The monoisotopic (exact) mass is 717 g/mol. The van der Waals surface area contributed by atoms with Crippen molar-refractivity contribution in [2.75, 3.05) is 0 Å². The predicted molar refractivity (Wildman–Crippen MR) is 218 cm³/mol. The molecule has 3 saturated carbocycles. The van der Waals surface area contributed by atoms with Crippen molar-refractivity contribution in [3.8, 4) is 0 Å². The van der Waals surface area contributed by atoms with Crippen molar-refractivity contribution < 1.29 is 13.3 Å². The van der Waals surface area contributed by atoms with Crippen LogP contribution in [-0.2, 0) is 13.3 Å². The molecule has 3 fully saturated rings. The maximum atomic E-state index is 7.12. The second-order valence-corrected chi connectivity index (χ2v) is 35.2. The van der Waals surface area contributed by atoms with Gasteiger partial charge in [0.25, 0.3) is 0 Å². The van der Waals surface area contributed by atoms with E-state index < -0.39 is 25.0 Å². The van der Waals surface area contributed by atoms with Crippen LogP contribution in [0.3, 0.4) is 0 Å².